The number of carbonyl (C=O) groups is 2. The minimum atomic E-state index is -0.431. The highest BCUT2D eigenvalue weighted by atomic mass is 32.1. The van der Waals surface area contributed by atoms with E-state index in [-0.39, 0.29) is 12.5 Å². The normalized spacial score (nSPS) is 13.6. The zero-order valence-corrected chi connectivity index (χ0v) is 16.2. The molecule has 0 atom stereocenters. The van der Waals surface area contributed by atoms with Crippen LogP contribution in [-0.4, -0.2) is 36.8 Å². The summed E-state index contributed by atoms with van der Waals surface area (Å²) in [6.45, 7) is 2.80. The Hall–Kier alpha value is -3.13. The van der Waals surface area contributed by atoms with Crippen LogP contribution in [0.2, 0.25) is 0 Å². The molecule has 0 aliphatic carbocycles. The van der Waals surface area contributed by atoms with Crippen molar-refractivity contribution in [2.45, 2.75) is 13.5 Å². The summed E-state index contributed by atoms with van der Waals surface area (Å²) in [4.78, 5) is 29.3. The van der Waals surface area contributed by atoms with E-state index < -0.39 is 5.97 Å². The number of hydrogen-bond donors (Lipinski definition) is 0. The van der Waals surface area contributed by atoms with Crippen LogP contribution >= 0.6 is 11.3 Å². The molecule has 8 heteroatoms. The largest absolute Gasteiger partial charge is 0.486 e. The van der Waals surface area contributed by atoms with Gasteiger partial charge in [0, 0.05) is 17.7 Å². The molecule has 1 aliphatic heterocycles. The third-order valence-electron chi connectivity index (χ3n) is 4.32. The number of amides is 1. The Kier molecular flexibility index (Phi) is 4.87. The lowest BCUT2D eigenvalue weighted by Gasteiger charge is -2.18. The van der Waals surface area contributed by atoms with E-state index in [0.29, 0.717) is 35.1 Å². The first kappa shape index (κ1) is 18.2. The van der Waals surface area contributed by atoms with Crippen LogP contribution in [0.4, 0.5) is 0 Å². The summed E-state index contributed by atoms with van der Waals surface area (Å²) in [5.74, 6) is 0.443. The molecule has 0 bridgehead atoms. The summed E-state index contributed by atoms with van der Waals surface area (Å²) in [6, 6.07) is 10.9. The van der Waals surface area contributed by atoms with E-state index in [1.807, 2.05) is 25.1 Å². The van der Waals surface area contributed by atoms with Crippen LogP contribution in [0.15, 0.2) is 41.4 Å². The Labute approximate surface area is 164 Å². The van der Waals surface area contributed by atoms with E-state index >= 15 is 0 Å². The zero-order chi connectivity index (χ0) is 19.7. The molecule has 144 valence electrons. The van der Waals surface area contributed by atoms with Crippen molar-refractivity contribution in [1.82, 2.24) is 4.57 Å². The van der Waals surface area contributed by atoms with Gasteiger partial charge < -0.3 is 18.8 Å². The molecule has 28 heavy (non-hydrogen) atoms. The molecule has 7 nitrogen and oxygen atoms in total. The Balaban J connectivity index is 1.87. The fourth-order valence-electron chi connectivity index (χ4n) is 2.97. The second-order valence-corrected chi connectivity index (χ2v) is 7.31. The monoisotopic (exact) mass is 398 g/mol. The Morgan fingerprint density at radius 1 is 1.18 bits per heavy atom. The quantitative estimate of drug-likeness (QED) is 0.634. The molecular formula is C20H18N2O5S. The van der Waals surface area contributed by atoms with Crippen LogP contribution in [-0.2, 0) is 16.1 Å². The molecule has 0 unspecified atom stereocenters. The van der Waals surface area contributed by atoms with Crippen molar-refractivity contribution in [3.05, 3.63) is 52.3 Å². The summed E-state index contributed by atoms with van der Waals surface area (Å²) in [7, 11) is 1.32. The van der Waals surface area contributed by atoms with Gasteiger partial charge in [-0.3, -0.25) is 9.59 Å². The number of benzene rings is 2. The van der Waals surface area contributed by atoms with Crippen molar-refractivity contribution in [1.29, 1.82) is 0 Å². The fourth-order valence-corrected chi connectivity index (χ4v) is 4.01. The van der Waals surface area contributed by atoms with Crippen LogP contribution in [0.5, 0.6) is 11.5 Å². The maximum atomic E-state index is 12.7. The first-order chi connectivity index (χ1) is 13.5. The summed E-state index contributed by atoms with van der Waals surface area (Å²) in [5.41, 5.74) is 2.20. The predicted octanol–water partition coefficient (Wildman–Crippen LogP) is 2.70. The van der Waals surface area contributed by atoms with Crippen LogP contribution in [0.25, 0.3) is 10.2 Å². The first-order valence-corrected chi connectivity index (χ1v) is 9.52. The number of rotatable bonds is 3. The lowest BCUT2D eigenvalue weighted by atomic mass is 10.1. The van der Waals surface area contributed by atoms with Crippen molar-refractivity contribution in [2.75, 3.05) is 20.3 Å². The number of fused-ring (bicyclic) bond motifs is 2. The van der Waals surface area contributed by atoms with E-state index in [0.717, 1.165) is 15.8 Å². The molecule has 1 amide bonds. The van der Waals surface area contributed by atoms with Gasteiger partial charge in [0.05, 0.1) is 17.3 Å². The van der Waals surface area contributed by atoms with Gasteiger partial charge in [0.1, 0.15) is 19.8 Å². The maximum Gasteiger partial charge on any atom is 0.325 e. The minimum absolute atomic E-state index is 0.0594. The highest BCUT2D eigenvalue weighted by molar-refractivity contribution is 7.16. The van der Waals surface area contributed by atoms with Gasteiger partial charge in [0.2, 0.25) is 0 Å². The van der Waals surface area contributed by atoms with E-state index in [9.17, 15) is 9.59 Å². The Morgan fingerprint density at radius 2 is 1.93 bits per heavy atom. The van der Waals surface area contributed by atoms with Crippen LogP contribution in [0, 0.1) is 6.92 Å². The number of ether oxygens (including phenoxy) is 3. The van der Waals surface area contributed by atoms with Crippen molar-refractivity contribution in [2.24, 2.45) is 4.99 Å². The summed E-state index contributed by atoms with van der Waals surface area (Å²) >= 11 is 1.31. The van der Waals surface area contributed by atoms with Crippen LogP contribution in [0.3, 0.4) is 0 Å². The molecular weight excluding hydrogens is 380 g/mol. The maximum absolute atomic E-state index is 12.7. The topological polar surface area (TPSA) is 79.1 Å². The number of aromatic nitrogens is 1. The molecule has 0 saturated heterocycles. The van der Waals surface area contributed by atoms with Crippen molar-refractivity contribution < 1.29 is 23.8 Å². The summed E-state index contributed by atoms with van der Waals surface area (Å²) < 4.78 is 18.6. The minimum Gasteiger partial charge on any atom is -0.486 e. The number of methoxy groups -OCH3 is 1. The van der Waals surface area contributed by atoms with E-state index in [4.69, 9.17) is 14.2 Å². The lowest BCUT2D eigenvalue weighted by Crippen LogP contribution is -2.22. The molecule has 0 saturated carbocycles. The van der Waals surface area contributed by atoms with Gasteiger partial charge in [-0.2, -0.15) is 4.99 Å². The fraction of sp³-hybridized carbons (Fsp3) is 0.250. The second-order valence-electron chi connectivity index (χ2n) is 6.30. The van der Waals surface area contributed by atoms with E-state index in [2.05, 4.69) is 4.99 Å². The van der Waals surface area contributed by atoms with Gasteiger partial charge >= 0.3 is 5.97 Å². The number of carbonyl (C=O) groups excluding carboxylic acids is 2. The number of esters is 1. The lowest BCUT2D eigenvalue weighted by molar-refractivity contribution is -0.141. The van der Waals surface area contributed by atoms with E-state index in [1.165, 1.54) is 18.4 Å². The molecule has 0 radical (unpaired) electrons. The molecule has 4 rings (SSSR count). The zero-order valence-electron chi connectivity index (χ0n) is 15.4. The third-order valence-corrected chi connectivity index (χ3v) is 5.36. The average Bonchev–Trinajstić information content (AvgIpc) is 3.02. The van der Waals surface area contributed by atoms with Gasteiger partial charge in [-0.1, -0.05) is 29.0 Å². The molecule has 1 aliphatic rings. The molecule has 3 aromatic rings. The van der Waals surface area contributed by atoms with Gasteiger partial charge in [-0.15, -0.1) is 0 Å². The van der Waals surface area contributed by atoms with Gasteiger partial charge in [0.25, 0.3) is 5.91 Å². The molecule has 2 aromatic carbocycles. The summed E-state index contributed by atoms with van der Waals surface area (Å²) in [6.07, 6.45) is 0. The second kappa shape index (κ2) is 7.47. The van der Waals surface area contributed by atoms with Gasteiger partial charge in [0.15, 0.2) is 16.3 Å². The van der Waals surface area contributed by atoms with Crippen LogP contribution < -0.4 is 14.3 Å². The third kappa shape index (κ3) is 3.50. The van der Waals surface area contributed by atoms with Gasteiger partial charge in [-0.25, -0.2) is 0 Å². The van der Waals surface area contributed by atoms with E-state index in [1.54, 1.807) is 22.8 Å². The molecule has 0 N–H and O–H groups in total. The smallest absolute Gasteiger partial charge is 0.325 e. The molecule has 0 fully saturated rings. The standard InChI is InChI=1S/C20H18N2O5S/c1-12-4-3-5-13(8-12)19(24)21-20-22(11-18(23)25-2)14-9-15-16(10-17(14)28-20)27-7-6-26-15/h3-5,8-10H,6-7,11H2,1-2H3. The predicted molar refractivity (Wildman–Crippen MR) is 104 cm³/mol. The highest BCUT2D eigenvalue weighted by Gasteiger charge is 2.18. The molecule has 1 aromatic heterocycles. The van der Waals surface area contributed by atoms with Crippen molar-refractivity contribution >= 4 is 33.4 Å². The van der Waals surface area contributed by atoms with Crippen LogP contribution in [0.1, 0.15) is 15.9 Å². The highest BCUT2D eigenvalue weighted by Crippen LogP contribution is 2.35. The first-order valence-electron chi connectivity index (χ1n) is 8.70. The molecule has 0 spiro atoms. The summed E-state index contributed by atoms with van der Waals surface area (Å²) in [5, 5.41) is 0. The van der Waals surface area contributed by atoms with Gasteiger partial charge in [-0.05, 0) is 19.1 Å². The van der Waals surface area contributed by atoms with Crippen molar-refractivity contribution in [3.63, 3.8) is 0 Å². The molecule has 2 heterocycles. The van der Waals surface area contributed by atoms with Crippen molar-refractivity contribution in [3.8, 4) is 11.5 Å². The Morgan fingerprint density at radius 3 is 2.64 bits per heavy atom. The number of thiazole rings is 1. The number of hydrogen-bond acceptors (Lipinski definition) is 6. The number of nitrogens with zero attached hydrogens (tertiary/aromatic N) is 2. The average molecular weight is 398 g/mol. The number of aryl methyl sites for hydroxylation is 1. The Bertz CT molecular complexity index is 1150. The SMILES string of the molecule is COC(=O)Cn1c(=NC(=O)c2cccc(C)c2)sc2cc3c(cc21)OCCO3.